The van der Waals surface area contributed by atoms with Crippen LogP contribution in [0.2, 0.25) is 0 Å². The number of allylic oxidation sites excluding steroid dienone is 3. The molecule has 1 aliphatic heterocycles. The first-order chi connectivity index (χ1) is 19.3. The molecule has 0 spiro atoms. The predicted molar refractivity (Wildman–Crippen MR) is 171 cm³/mol. The first-order valence-corrected chi connectivity index (χ1v) is 14.8. The van der Waals surface area contributed by atoms with Gasteiger partial charge in [0.05, 0.1) is 0 Å². The Morgan fingerprint density at radius 3 is 2.20 bits per heavy atom. The summed E-state index contributed by atoms with van der Waals surface area (Å²) in [5.41, 5.74) is 8.47. The summed E-state index contributed by atoms with van der Waals surface area (Å²) >= 11 is 0. The van der Waals surface area contributed by atoms with Crippen LogP contribution in [0.15, 0.2) is 78.9 Å². The van der Waals surface area contributed by atoms with E-state index in [1.54, 1.807) is 0 Å². The average Bonchev–Trinajstić information content (AvgIpc) is 2.95. The normalized spacial score (nSPS) is 17.4. The summed E-state index contributed by atoms with van der Waals surface area (Å²) in [5, 5.41) is 13.4. The van der Waals surface area contributed by atoms with Crippen LogP contribution < -0.4 is 15.3 Å². The molecule has 0 amide bonds. The van der Waals surface area contributed by atoms with Crippen molar-refractivity contribution in [2.24, 2.45) is 5.92 Å². The van der Waals surface area contributed by atoms with E-state index >= 15 is 0 Å². The second kappa shape index (κ2) is 12.3. The van der Waals surface area contributed by atoms with Crippen LogP contribution in [0.3, 0.4) is 0 Å². The third-order valence-corrected chi connectivity index (χ3v) is 8.98. The molecule has 1 fully saturated rings. The van der Waals surface area contributed by atoms with Gasteiger partial charge in [0.1, 0.15) is 5.75 Å². The van der Waals surface area contributed by atoms with E-state index < -0.39 is 0 Å². The van der Waals surface area contributed by atoms with Crippen LogP contribution in [0.25, 0.3) is 17.7 Å². The number of fused-ring (bicyclic) bond motifs is 1. The number of piperazine rings is 1. The Labute approximate surface area is 240 Å². The maximum atomic E-state index is 11.0. The molecular formula is C37H44N2O. The number of rotatable bonds is 7. The zero-order chi connectivity index (χ0) is 28.2. The number of nitrogens with zero attached hydrogens (tertiary/aromatic N) is 2. The van der Waals surface area contributed by atoms with Crippen molar-refractivity contribution in [1.29, 1.82) is 0 Å². The fourth-order valence-corrected chi connectivity index (χ4v) is 5.98. The van der Waals surface area contributed by atoms with Crippen LogP contribution in [-0.2, 0) is 6.42 Å². The smallest absolute Gasteiger partial charge is 0.119 e. The molecule has 1 heterocycles. The van der Waals surface area contributed by atoms with E-state index in [1.807, 2.05) is 13.0 Å². The summed E-state index contributed by atoms with van der Waals surface area (Å²) in [6.45, 7) is 15.2. The molecule has 3 nitrogen and oxygen atoms in total. The number of anilines is 1. The number of hydrogen-bond acceptors (Lipinski definition) is 3. The average molecular weight is 533 g/mol. The molecule has 0 radical (unpaired) electrons. The highest BCUT2D eigenvalue weighted by atomic mass is 16.3. The fraction of sp³-hybridized carbons (Fsp3) is 0.351. The summed E-state index contributed by atoms with van der Waals surface area (Å²) in [6, 6.07) is 21.8. The van der Waals surface area contributed by atoms with Gasteiger partial charge >= 0.3 is 0 Å². The molecule has 0 saturated carbocycles. The van der Waals surface area contributed by atoms with E-state index in [-0.39, 0.29) is 0 Å². The van der Waals surface area contributed by atoms with Crippen molar-refractivity contribution in [2.45, 2.75) is 46.0 Å². The van der Waals surface area contributed by atoms with Crippen LogP contribution in [0.5, 0.6) is 5.75 Å². The van der Waals surface area contributed by atoms with Crippen molar-refractivity contribution in [3.63, 3.8) is 0 Å². The highest BCUT2D eigenvalue weighted by molar-refractivity contribution is 5.62. The van der Waals surface area contributed by atoms with Gasteiger partial charge in [-0.3, -0.25) is 0 Å². The van der Waals surface area contributed by atoms with E-state index in [0.29, 0.717) is 24.0 Å². The van der Waals surface area contributed by atoms with Gasteiger partial charge in [0, 0.05) is 43.9 Å². The Balaban J connectivity index is 1.42. The quantitative estimate of drug-likeness (QED) is 0.377. The second-order valence-corrected chi connectivity index (χ2v) is 11.8. The van der Waals surface area contributed by atoms with Crippen LogP contribution in [0.4, 0.5) is 5.69 Å². The molecule has 2 aliphatic rings. The predicted octanol–water partition coefficient (Wildman–Crippen LogP) is 6.49. The van der Waals surface area contributed by atoms with Gasteiger partial charge in [0.25, 0.3) is 0 Å². The zero-order valence-electron chi connectivity index (χ0n) is 24.7. The van der Waals surface area contributed by atoms with E-state index in [2.05, 4.69) is 110 Å². The van der Waals surface area contributed by atoms with Gasteiger partial charge < -0.3 is 14.9 Å². The lowest BCUT2D eigenvalue weighted by Crippen LogP contribution is -2.44. The lowest BCUT2D eigenvalue weighted by atomic mass is 9.82. The minimum absolute atomic E-state index is 0.352. The number of aromatic hydroxyl groups is 1. The Kier molecular flexibility index (Phi) is 8.61. The lowest BCUT2D eigenvalue weighted by Gasteiger charge is -2.34. The highest BCUT2D eigenvalue weighted by Crippen LogP contribution is 2.32. The Bertz CT molecular complexity index is 1490. The van der Waals surface area contributed by atoms with Gasteiger partial charge in [0.2, 0.25) is 0 Å². The summed E-state index contributed by atoms with van der Waals surface area (Å²) < 4.78 is 0. The topological polar surface area (TPSA) is 26.7 Å². The van der Waals surface area contributed by atoms with Crippen molar-refractivity contribution in [3.05, 3.63) is 112 Å². The van der Waals surface area contributed by atoms with Crippen molar-refractivity contribution < 1.29 is 5.11 Å². The largest absolute Gasteiger partial charge is 0.508 e. The molecule has 3 aromatic rings. The molecule has 5 rings (SSSR count). The number of phenolic OH excluding ortho intramolecular Hbond substituents is 1. The molecule has 3 aromatic carbocycles. The Hall–Kier alpha value is -3.56. The summed E-state index contributed by atoms with van der Waals surface area (Å²) in [4.78, 5) is 4.89. The SMILES string of the molecule is C=C(C)c1ccc(Cc2c(O)ccc3c2=CC(C(C)C(C)c2ccc(N4CCN(C)CC4)cc2)=CCCC=3)cc1. The minimum atomic E-state index is 0.352. The van der Waals surface area contributed by atoms with Gasteiger partial charge in [-0.2, -0.15) is 0 Å². The molecule has 2 atom stereocenters. The Morgan fingerprint density at radius 1 is 0.850 bits per heavy atom. The molecule has 2 unspecified atom stereocenters. The van der Waals surface area contributed by atoms with Crippen molar-refractivity contribution in [1.82, 2.24) is 4.90 Å². The van der Waals surface area contributed by atoms with Crippen molar-refractivity contribution in [3.8, 4) is 5.75 Å². The standard InChI is InChI=1S/C37H44N2O/c1-26(2)30-12-10-29(11-13-30)24-36-35-25-33(9-7-6-8-32(35)16-19-37(36)40)28(4)27(3)31-14-17-34(18-15-31)39-22-20-38(5)21-23-39/h8-19,25,27-28,40H,1,6-7,20-24H2,2-5H3. The van der Waals surface area contributed by atoms with E-state index in [4.69, 9.17) is 0 Å². The van der Waals surface area contributed by atoms with Gasteiger partial charge in [-0.15, -0.1) is 0 Å². The van der Waals surface area contributed by atoms with Crippen LogP contribution in [0.1, 0.15) is 61.8 Å². The molecule has 1 N–H and O–H groups in total. The van der Waals surface area contributed by atoms with Gasteiger partial charge in [-0.05, 0) is 89.5 Å². The van der Waals surface area contributed by atoms with Gasteiger partial charge in [0.15, 0.2) is 0 Å². The Morgan fingerprint density at radius 2 is 1.52 bits per heavy atom. The number of hydrogen-bond donors (Lipinski definition) is 1. The maximum absolute atomic E-state index is 11.0. The van der Waals surface area contributed by atoms with Gasteiger partial charge in [-0.1, -0.05) is 86.7 Å². The monoisotopic (exact) mass is 532 g/mol. The van der Waals surface area contributed by atoms with E-state index in [9.17, 15) is 5.11 Å². The highest BCUT2D eigenvalue weighted by Gasteiger charge is 2.20. The van der Waals surface area contributed by atoms with Crippen LogP contribution >= 0.6 is 0 Å². The molecule has 3 heteroatoms. The maximum Gasteiger partial charge on any atom is 0.119 e. The van der Waals surface area contributed by atoms with Gasteiger partial charge in [-0.25, -0.2) is 0 Å². The molecule has 40 heavy (non-hydrogen) atoms. The summed E-state index contributed by atoms with van der Waals surface area (Å²) in [5.74, 6) is 1.10. The second-order valence-electron chi connectivity index (χ2n) is 11.8. The minimum Gasteiger partial charge on any atom is -0.508 e. The molecule has 1 aliphatic carbocycles. The van der Waals surface area contributed by atoms with E-state index in [1.165, 1.54) is 27.6 Å². The van der Waals surface area contributed by atoms with Crippen LogP contribution in [-0.4, -0.2) is 43.2 Å². The number of phenols is 1. The first kappa shape index (κ1) is 28.0. The molecule has 208 valence electrons. The van der Waals surface area contributed by atoms with Crippen molar-refractivity contribution in [2.75, 3.05) is 38.1 Å². The fourth-order valence-electron chi connectivity index (χ4n) is 5.98. The number of benzene rings is 3. The lowest BCUT2D eigenvalue weighted by molar-refractivity contribution is 0.313. The third kappa shape index (κ3) is 6.26. The molecule has 0 aromatic heterocycles. The van der Waals surface area contributed by atoms with Crippen molar-refractivity contribution >= 4 is 23.4 Å². The molecule has 0 bridgehead atoms. The summed E-state index contributed by atoms with van der Waals surface area (Å²) in [6.07, 6.45) is 9.81. The molecule has 1 saturated heterocycles. The van der Waals surface area contributed by atoms with E-state index in [0.717, 1.165) is 60.9 Å². The van der Waals surface area contributed by atoms with Crippen LogP contribution in [0, 0.1) is 5.92 Å². The summed E-state index contributed by atoms with van der Waals surface area (Å²) in [7, 11) is 2.20. The number of likely N-dealkylation sites (N-methyl/N-ethyl adjacent to an activating group) is 1. The zero-order valence-corrected chi connectivity index (χ0v) is 24.7. The third-order valence-electron chi connectivity index (χ3n) is 8.98. The first-order valence-electron chi connectivity index (χ1n) is 14.8. The molecular weight excluding hydrogens is 488 g/mol.